The normalized spacial score (nSPS) is 14.3. The van der Waals surface area contributed by atoms with Gasteiger partial charge in [-0.15, -0.1) is 0 Å². The van der Waals surface area contributed by atoms with Crippen molar-refractivity contribution < 1.29 is 14.3 Å². The number of anilines is 1. The van der Waals surface area contributed by atoms with Crippen molar-refractivity contribution in [3.8, 4) is 5.75 Å². The summed E-state index contributed by atoms with van der Waals surface area (Å²) >= 11 is 0. The van der Waals surface area contributed by atoms with Gasteiger partial charge in [0.25, 0.3) is 5.91 Å². The zero-order valence-corrected chi connectivity index (χ0v) is 19.2. The maximum Gasteiger partial charge on any atom is 0.256 e. The molecule has 2 aromatic rings. The van der Waals surface area contributed by atoms with Crippen LogP contribution in [0.3, 0.4) is 0 Å². The lowest BCUT2D eigenvalue weighted by atomic mass is 10.1. The molecule has 3 N–H and O–H groups in total. The second kappa shape index (κ2) is 11.7. The summed E-state index contributed by atoms with van der Waals surface area (Å²) in [5.74, 6) is 0.763. The molecule has 32 heavy (non-hydrogen) atoms. The standard InChI is InChI=1S/C26H35N3O3/c1-19-11-12-23(28-26(31)22-9-6-5-8-20(22)2)24(18-19)32-17-7-3-4-10-25(30)29-15-13-21(27)14-16-29/h5-6,8-9,11-12,18,21H,3-4,7,10,13-17,27H2,1-2H3,(H,28,31). The van der Waals surface area contributed by atoms with E-state index in [-0.39, 0.29) is 17.9 Å². The van der Waals surface area contributed by atoms with Gasteiger partial charge in [0.05, 0.1) is 12.3 Å². The van der Waals surface area contributed by atoms with Gasteiger partial charge in [0.2, 0.25) is 5.91 Å². The van der Waals surface area contributed by atoms with E-state index in [1.807, 2.05) is 61.2 Å². The lowest BCUT2D eigenvalue weighted by molar-refractivity contribution is -0.132. The number of carbonyl (C=O) groups is 2. The summed E-state index contributed by atoms with van der Waals surface area (Å²) in [7, 11) is 0. The Morgan fingerprint density at radius 2 is 1.81 bits per heavy atom. The fourth-order valence-corrected chi connectivity index (χ4v) is 3.91. The molecule has 2 aromatic carbocycles. The maximum atomic E-state index is 12.7. The van der Waals surface area contributed by atoms with E-state index in [0.29, 0.717) is 30.0 Å². The minimum absolute atomic E-state index is 0.144. The number of likely N-dealkylation sites (tertiary alicyclic amines) is 1. The fraction of sp³-hybridized carbons (Fsp3) is 0.462. The number of ether oxygens (including phenoxy) is 1. The number of carbonyl (C=O) groups excluding carboxylic acids is 2. The molecule has 0 aliphatic carbocycles. The minimum atomic E-state index is -0.144. The molecule has 0 atom stereocenters. The number of rotatable bonds is 9. The number of nitrogens with two attached hydrogens (primary N) is 1. The van der Waals surface area contributed by atoms with E-state index in [2.05, 4.69) is 5.32 Å². The number of aryl methyl sites for hydroxylation is 2. The monoisotopic (exact) mass is 437 g/mol. The van der Waals surface area contributed by atoms with Crippen LogP contribution < -0.4 is 15.8 Å². The quantitative estimate of drug-likeness (QED) is 0.568. The summed E-state index contributed by atoms with van der Waals surface area (Å²) in [4.78, 5) is 26.9. The predicted molar refractivity (Wildman–Crippen MR) is 128 cm³/mol. The van der Waals surface area contributed by atoms with Crippen molar-refractivity contribution in [3.63, 3.8) is 0 Å². The van der Waals surface area contributed by atoms with Crippen LogP contribution in [0, 0.1) is 13.8 Å². The summed E-state index contributed by atoms with van der Waals surface area (Å²) in [5.41, 5.74) is 9.23. The highest BCUT2D eigenvalue weighted by Crippen LogP contribution is 2.27. The molecule has 172 valence electrons. The topological polar surface area (TPSA) is 84.7 Å². The highest BCUT2D eigenvalue weighted by molar-refractivity contribution is 6.06. The largest absolute Gasteiger partial charge is 0.491 e. The molecular formula is C26H35N3O3. The number of nitrogens with one attached hydrogen (secondary N) is 1. The van der Waals surface area contributed by atoms with Crippen molar-refractivity contribution in [2.75, 3.05) is 25.0 Å². The van der Waals surface area contributed by atoms with Crippen LogP contribution in [0.15, 0.2) is 42.5 Å². The number of piperidine rings is 1. The SMILES string of the molecule is Cc1ccc(NC(=O)c2ccccc2C)c(OCCCCCC(=O)N2CCC(N)CC2)c1. The van der Waals surface area contributed by atoms with Gasteiger partial charge in [-0.1, -0.05) is 24.3 Å². The average Bonchev–Trinajstić information content (AvgIpc) is 2.78. The molecular weight excluding hydrogens is 402 g/mol. The zero-order chi connectivity index (χ0) is 22.9. The Bertz CT molecular complexity index is 920. The van der Waals surface area contributed by atoms with Crippen LogP contribution in [0.2, 0.25) is 0 Å². The third kappa shape index (κ3) is 6.82. The number of nitrogens with zero attached hydrogens (tertiary/aromatic N) is 1. The third-order valence-corrected chi connectivity index (χ3v) is 5.96. The van der Waals surface area contributed by atoms with Crippen LogP contribution in [0.1, 0.15) is 60.0 Å². The van der Waals surface area contributed by atoms with E-state index in [1.165, 1.54) is 0 Å². The van der Waals surface area contributed by atoms with Gasteiger partial charge in [-0.3, -0.25) is 9.59 Å². The highest BCUT2D eigenvalue weighted by atomic mass is 16.5. The number of unbranched alkanes of at least 4 members (excludes halogenated alkanes) is 2. The molecule has 1 fully saturated rings. The molecule has 1 aliphatic heterocycles. The summed E-state index contributed by atoms with van der Waals surface area (Å²) in [6.07, 6.45) is 5.03. The average molecular weight is 438 g/mol. The van der Waals surface area contributed by atoms with Crippen LogP contribution in [0.4, 0.5) is 5.69 Å². The van der Waals surface area contributed by atoms with E-state index in [9.17, 15) is 9.59 Å². The first-order valence-corrected chi connectivity index (χ1v) is 11.6. The van der Waals surface area contributed by atoms with Gasteiger partial charge in [0, 0.05) is 31.1 Å². The van der Waals surface area contributed by atoms with Crippen LogP contribution >= 0.6 is 0 Å². The van der Waals surface area contributed by atoms with Crippen molar-refractivity contribution >= 4 is 17.5 Å². The van der Waals surface area contributed by atoms with Crippen molar-refractivity contribution in [2.45, 2.75) is 58.4 Å². The summed E-state index contributed by atoms with van der Waals surface area (Å²) < 4.78 is 6.00. The van der Waals surface area contributed by atoms with Crippen molar-refractivity contribution in [3.05, 3.63) is 59.2 Å². The first kappa shape index (κ1) is 23.8. The van der Waals surface area contributed by atoms with Crippen LogP contribution in [-0.4, -0.2) is 42.5 Å². The first-order valence-electron chi connectivity index (χ1n) is 11.6. The zero-order valence-electron chi connectivity index (χ0n) is 19.2. The minimum Gasteiger partial charge on any atom is -0.491 e. The van der Waals surface area contributed by atoms with Gasteiger partial charge in [-0.25, -0.2) is 0 Å². The van der Waals surface area contributed by atoms with E-state index >= 15 is 0 Å². The lowest BCUT2D eigenvalue weighted by Gasteiger charge is -2.30. The Labute approximate surface area is 191 Å². The molecule has 0 radical (unpaired) electrons. The second-order valence-electron chi connectivity index (χ2n) is 8.65. The van der Waals surface area contributed by atoms with Gasteiger partial charge < -0.3 is 20.7 Å². The third-order valence-electron chi connectivity index (χ3n) is 5.96. The van der Waals surface area contributed by atoms with E-state index in [4.69, 9.17) is 10.5 Å². The molecule has 1 heterocycles. The molecule has 0 saturated carbocycles. The molecule has 0 unspecified atom stereocenters. The van der Waals surface area contributed by atoms with Crippen LogP contribution in [-0.2, 0) is 4.79 Å². The van der Waals surface area contributed by atoms with Crippen LogP contribution in [0.25, 0.3) is 0 Å². The molecule has 1 aliphatic rings. The van der Waals surface area contributed by atoms with Gasteiger partial charge in [-0.05, 0) is 75.3 Å². The fourth-order valence-electron chi connectivity index (χ4n) is 3.91. The van der Waals surface area contributed by atoms with Crippen molar-refractivity contribution in [2.24, 2.45) is 5.73 Å². The van der Waals surface area contributed by atoms with Crippen LogP contribution in [0.5, 0.6) is 5.75 Å². The summed E-state index contributed by atoms with van der Waals surface area (Å²) in [6, 6.07) is 13.5. The Hall–Kier alpha value is -2.86. The highest BCUT2D eigenvalue weighted by Gasteiger charge is 2.19. The number of hydrogen-bond acceptors (Lipinski definition) is 4. The number of benzene rings is 2. The van der Waals surface area contributed by atoms with Gasteiger partial charge in [0.1, 0.15) is 5.75 Å². The number of hydrogen-bond donors (Lipinski definition) is 2. The molecule has 6 nitrogen and oxygen atoms in total. The Balaban J connectivity index is 1.44. The molecule has 3 rings (SSSR count). The Morgan fingerprint density at radius 1 is 1.06 bits per heavy atom. The molecule has 6 heteroatoms. The second-order valence-corrected chi connectivity index (χ2v) is 8.65. The van der Waals surface area contributed by atoms with Crippen molar-refractivity contribution in [1.29, 1.82) is 0 Å². The van der Waals surface area contributed by atoms with Gasteiger partial charge in [0.15, 0.2) is 0 Å². The molecule has 1 saturated heterocycles. The molecule has 0 aromatic heterocycles. The molecule has 0 bridgehead atoms. The van der Waals surface area contributed by atoms with Crippen molar-refractivity contribution in [1.82, 2.24) is 4.90 Å². The van der Waals surface area contributed by atoms with Gasteiger partial charge >= 0.3 is 0 Å². The Kier molecular flexibility index (Phi) is 8.68. The maximum absolute atomic E-state index is 12.7. The summed E-state index contributed by atoms with van der Waals surface area (Å²) in [6.45, 7) is 6.04. The smallest absolute Gasteiger partial charge is 0.256 e. The number of amides is 2. The Morgan fingerprint density at radius 3 is 2.56 bits per heavy atom. The van der Waals surface area contributed by atoms with E-state index < -0.39 is 0 Å². The predicted octanol–water partition coefficient (Wildman–Crippen LogP) is 4.44. The van der Waals surface area contributed by atoms with Gasteiger partial charge in [-0.2, -0.15) is 0 Å². The molecule has 0 spiro atoms. The van der Waals surface area contributed by atoms with E-state index in [1.54, 1.807) is 0 Å². The lowest BCUT2D eigenvalue weighted by Crippen LogP contribution is -2.42. The molecule has 2 amide bonds. The summed E-state index contributed by atoms with van der Waals surface area (Å²) in [5, 5.41) is 2.98. The first-order chi connectivity index (χ1) is 15.4. The van der Waals surface area contributed by atoms with E-state index in [0.717, 1.165) is 56.3 Å².